The van der Waals surface area contributed by atoms with Crippen LogP contribution in [-0.4, -0.2) is 93.1 Å². The van der Waals surface area contributed by atoms with Gasteiger partial charge < -0.3 is 30.3 Å². The fourth-order valence-electron chi connectivity index (χ4n) is 5.73. The summed E-state index contributed by atoms with van der Waals surface area (Å²) in [5, 5.41) is 16.2. The fraction of sp³-hybridized carbons (Fsp3) is 0.333. The third kappa shape index (κ3) is 5.42. The first kappa shape index (κ1) is 29.7. The molecule has 2 aromatic heterocycles. The number of aliphatic hydroxyl groups excluding tert-OH is 1. The van der Waals surface area contributed by atoms with Crippen molar-refractivity contribution in [3.63, 3.8) is 0 Å². The van der Waals surface area contributed by atoms with E-state index in [9.17, 15) is 23.5 Å². The Morgan fingerprint density at radius 1 is 1.11 bits per heavy atom. The molecule has 230 valence electrons. The minimum absolute atomic E-state index is 0.00825. The first-order chi connectivity index (χ1) is 21.2. The number of carbonyl (C=O) groups is 2. The number of hydrogen-bond donors (Lipinski definition) is 3. The number of β-amino-alcohol motifs (C(OH)–C–C–N with tert-alkyl or cyclic N) is 1. The maximum atomic E-state index is 14.8. The van der Waals surface area contributed by atoms with Crippen molar-refractivity contribution in [3.8, 4) is 17.0 Å². The molecule has 2 amide bonds. The van der Waals surface area contributed by atoms with E-state index in [4.69, 9.17) is 16.3 Å². The molecule has 0 unspecified atom stereocenters. The topological polar surface area (TPSA) is 124 Å². The summed E-state index contributed by atoms with van der Waals surface area (Å²) in [6, 6.07) is 5.75. The molecular formula is C30H30ClF2N7O4. The van der Waals surface area contributed by atoms with Gasteiger partial charge in [-0.3, -0.25) is 14.0 Å². The van der Waals surface area contributed by atoms with E-state index in [-0.39, 0.29) is 28.1 Å². The summed E-state index contributed by atoms with van der Waals surface area (Å²) >= 11 is 6.64. The lowest BCUT2D eigenvalue weighted by atomic mass is 10.1. The number of imidazole rings is 1. The smallest absolute Gasteiger partial charge is 0.255 e. The monoisotopic (exact) mass is 625 g/mol. The van der Waals surface area contributed by atoms with Crippen LogP contribution >= 0.6 is 11.6 Å². The first-order valence-corrected chi connectivity index (χ1v) is 14.4. The van der Waals surface area contributed by atoms with Crippen LogP contribution in [0.1, 0.15) is 22.3 Å². The average molecular weight is 626 g/mol. The summed E-state index contributed by atoms with van der Waals surface area (Å²) in [5.41, 5.74) is 2.25. The summed E-state index contributed by atoms with van der Waals surface area (Å²) in [4.78, 5) is 38.4. The maximum Gasteiger partial charge on any atom is 0.255 e. The number of aryl methyl sites for hydroxylation is 1. The Balaban J connectivity index is 1.18. The molecule has 0 spiro atoms. The molecule has 2 aliphatic heterocycles. The Hall–Kier alpha value is -4.33. The summed E-state index contributed by atoms with van der Waals surface area (Å²) < 4.78 is 35.7. The fourth-order valence-corrected chi connectivity index (χ4v) is 6.08. The van der Waals surface area contributed by atoms with Crippen molar-refractivity contribution in [3.05, 3.63) is 70.6 Å². The maximum absolute atomic E-state index is 14.8. The number of nitrogens with zero attached hydrogens (tertiary/aromatic N) is 5. The number of nitrogens with one attached hydrogen (secondary N) is 2. The molecule has 3 N–H and O–H groups in total. The van der Waals surface area contributed by atoms with Gasteiger partial charge in [0, 0.05) is 56.4 Å². The highest BCUT2D eigenvalue weighted by Crippen LogP contribution is 2.33. The number of aliphatic hydroxyl groups is 1. The number of ether oxygens (including phenoxy) is 1. The molecule has 2 aromatic carbocycles. The second-order valence-corrected chi connectivity index (χ2v) is 11.2. The quantitative estimate of drug-likeness (QED) is 0.298. The molecule has 0 saturated carbocycles. The van der Waals surface area contributed by atoms with Crippen molar-refractivity contribution in [2.24, 2.45) is 0 Å². The van der Waals surface area contributed by atoms with Gasteiger partial charge in [-0.05, 0) is 43.2 Å². The molecule has 2 atom stereocenters. The highest BCUT2D eigenvalue weighted by atomic mass is 35.5. The van der Waals surface area contributed by atoms with Crippen LogP contribution in [0.15, 0.2) is 42.9 Å². The summed E-state index contributed by atoms with van der Waals surface area (Å²) in [6.45, 7) is 3.69. The van der Waals surface area contributed by atoms with E-state index in [0.717, 1.165) is 0 Å². The van der Waals surface area contributed by atoms with E-state index in [1.54, 1.807) is 39.5 Å². The first-order valence-electron chi connectivity index (χ1n) is 14.1. The lowest BCUT2D eigenvalue weighted by Gasteiger charge is -2.36. The highest BCUT2D eigenvalue weighted by molar-refractivity contribution is 6.34. The van der Waals surface area contributed by atoms with E-state index < -0.39 is 23.8 Å². The molecule has 0 radical (unpaired) electrons. The van der Waals surface area contributed by atoms with Gasteiger partial charge in [-0.1, -0.05) is 11.6 Å². The SMILES string of the molecule is COc1ccc(-c2cnc3c(Nc4cc(C)c(C(=O)N5CCN(C(=O)[C@@H]6C[C@@H](O)CN6)CC5)c(Cl)c4)nccn23)c(F)c1F. The van der Waals surface area contributed by atoms with Gasteiger partial charge in [0.15, 0.2) is 23.0 Å². The minimum Gasteiger partial charge on any atom is -0.494 e. The van der Waals surface area contributed by atoms with Gasteiger partial charge in [0.2, 0.25) is 11.7 Å². The number of aromatic nitrogens is 3. The second kappa shape index (κ2) is 12.0. The van der Waals surface area contributed by atoms with Crippen molar-refractivity contribution in [1.82, 2.24) is 29.5 Å². The van der Waals surface area contributed by atoms with Gasteiger partial charge in [0.25, 0.3) is 5.91 Å². The van der Waals surface area contributed by atoms with Crippen LogP contribution in [0.25, 0.3) is 16.9 Å². The molecule has 44 heavy (non-hydrogen) atoms. The number of piperazine rings is 1. The lowest BCUT2D eigenvalue weighted by Crippen LogP contribution is -2.54. The van der Waals surface area contributed by atoms with Crippen LogP contribution in [0, 0.1) is 18.6 Å². The average Bonchev–Trinajstić information content (AvgIpc) is 3.65. The molecule has 2 fully saturated rings. The van der Waals surface area contributed by atoms with Gasteiger partial charge in [0.05, 0.1) is 41.7 Å². The van der Waals surface area contributed by atoms with E-state index in [1.165, 1.54) is 31.6 Å². The molecule has 2 saturated heterocycles. The van der Waals surface area contributed by atoms with E-state index >= 15 is 0 Å². The summed E-state index contributed by atoms with van der Waals surface area (Å²) in [6.07, 6.45) is 4.38. The number of halogens is 3. The number of rotatable bonds is 6. The number of amides is 2. The predicted octanol–water partition coefficient (Wildman–Crippen LogP) is 3.40. The van der Waals surface area contributed by atoms with Crippen molar-refractivity contribution in [2.45, 2.75) is 25.5 Å². The molecule has 0 aliphatic carbocycles. The molecule has 6 rings (SSSR count). The van der Waals surface area contributed by atoms with Crippen LogP contribution < -0.4 is 15.4 Å². The third-order valence-corrected chi connectivity index (χ3v) is 8.32. The second-order valence-electron chi connectivity index (χ2n) is 10.8. The van der Waals surface area contributed by atoms with E-state index in [1.807, 2.05) is 0 Å². The predicted molar refractivity (Wildman–Crippen MR) is 159 cm³/mol. The van der Waals surface area contributed by atoms with E-state index in [2.05, 4.69) is 20.6 Å². The van der Waals surface area contributed by atoms with Crippen molar-refractivity contribution >= 4 is 40.6 Å². The zero-order valence-electron chi connectivity index (χ0n) is 24.0. The molecule has 11 nitrogen and oxygen atoms in total. The minimum atomic E-state index is -1.09. The number of carbonyl (C=O) groups excluding carboxylic acids is 2. The van der Waals surface area contributed by atoms with Crippen LogP contribution in [0.5, 0.6) is 5.75 Å². The number of anilines is 2. The van der Waals surface area contributed by atoms with Gasteiger partial charge >= 0.3 is 0 Å². The van der Waals surface area contributed by atoms with Gasteiger partial charge in [-0.2, -0.15) is 4.39 Å². The summed E-state index contributed by atoms with van der Waals surface area (Å²) in [5.74, 6) is -2.30. The standard InChI is InChI=1S/C30H30ClF2N7O4/c1-16-11-17(12-20(31)24(16)30(43)39-9-7-38(8-10-39)29(42)21-13-18(41)14-35-21)37-27-28-36-15-22(40(28)6-5-34-27)19-3-4-23(44-2)26(33)25(19)32/h3-6,11-12,15,18,21,35,41H,7-10,13-14H2,1-2H3,(H,34,37)/t18-,21+/m1/s1. The molecule has 4 aromatic rings. The Kier molecular flexibility index (Phi) is 8.10. The van der Waals surface area contributed by atoms with Crippen LogP contribution in [-0.2, 0) is 4.79 Å². The Labute approximate surface area is 256 Å². The van der Waals surface area contributed by atoms with Crippen molar-refractivity contribution in [1.29, 1.82) is 0 Å². The van der Waals surface area contributed by atoms with Crippen LogP contribution in [0.3, 0.4) is 0 Å². The number of methoxy groups -OCH3 is 1. The van der Waals surface area contributed by atoms with Gasteiger partial charge in [0.1, 0.15) is 0 Å². The van der Waals surface area contributed by atoms with Crippen molar-refractivity contribution < 1.29 is 28.2 Å². The van der Waals surface area contributed by atoms with E-state index in [0.29, 0.717) is 73.1 Å². The molecule has 0 bridgehead atoms. The van der Waals surface area contributed by atoms with Crippen LogP contribution in [0.2, 0.25) is 5.02 Å². The Morgan fingerprint density at radius 3 is 2.55 bits per heavy atom. The van der Waals surface area contributed by atoms with Crippen molar-refractivity contribution in [2.75, 3.05) is 45.2 Å². The Morgan fingerprint density at radius 2 is 1.86 bits per heavy atom. The van der Waals surface area contributed by atoms with Gasteiger partial charge in [-0.25, -0.2) is 14.4 Å². The van der Waals surface area contributed by atoms with Gasteiger partial charge in [-0.15, -0.1) is 0 Å². The number of hydrogen-bond acceptors (Lipinski definition) is 8. The largest absolute Gasteiger partial charge is 0.494 e. The molecule has 14 heteroatoms. The molecule has 4 heterocycles. The number of fused-ring (bicyclic) bond motifs is 1. The normalized spacial score (nSPS) is 18.6. The lowest BCUT2D eigenvalue weighted by molar-refractivity contribution is -0.134. The Bertz CT molecular complexity index is 1740. The summed E-state index contributed by atoms with van der Waals surface area (Å²) in [7, 11) is 1.26. The zero-order chi connectivity index (χ0) is 31.1. The highest BCUT2D eigenvalue weighted by Gasteiger charge is 2.34. The third-order valence-electron chi connectivity index (χ3n) is 8.02. The molecule has 2 aliphatic rings. The number of benzene rings is 2. The van der Waals surface area contributed by atoms with Crippen LogP contribution in [0.4, 0.5) is 20.3 Å². The molecular weight excluding hydrogens is 596 g/mol. The zero-order valence-corrected chi connectivity index (χ0v) is 24.7.